The molecule has 2 heteroatoms. The van der Waals surface area contributed by atoms with E-state index in [9.17, 15) is 4.79 Å². The van der Waals surface area contributed by atoms with Gasteiger partial charge in [-0.2, -0.15) is 0 Å². The van der Waals surface area contributed by atoms with Crippen molar-refractivity contribution >= 4 is 17.2 Å². The highest BCUT2D eigenvalue weighted by Crippen LogP contribution is 2.46. The molecule has 1 fully saturated rings. The lowest BCUT2D eigenvalue weighted by Gasteiger charge is -2.15. The van der Waals surface area contributed by atoms with Gasteiger partial charge in [0.25, 0.3) is 0 Å². The van der Waals surface area contributed by atoms with Gasteiger partial charge in [0.15, 0.2) is 6.29 Å². The minimum absolute atomic E-state index is 0.401. The largest absolute Gasteiger partial charge is 0.341 e. The van der Waals surface area contributed by atoms with Gasteiger partial charge in [0.05, 0.1) is 5.52 Å². The zero-order valence-corrected chi connectivity index (χ0v) is 11.2. The van der Waals surface area contributed by atoms with Crippen LogP contribution in [-0.4, -0.2) is 10.9 Å². The van der Waals surface area contributed by atoms with E-state index in [2.05, 4.69) is 37.5 Å². The fourth-order valence-electron chi connectivity index (χ4n) is 3.02. The van der Waals surface area contributed by atoms with Crippen molar-refractivity contribution in [1.82, 2.24) is 4.57 Å². The maximum atomic E-state index is 11.5. The SMILES string of the molecule is Cc1cccc2c(C=O)c(C3CC3)n(C(C)C)c12. The Kier molecular flexibility index (Phi) is 2.54. The third-order valence-electron chi connectivity index (χ3n) is 3.90. The van der Waals surface area contributed by atoms with Gasteiger partial charge in [-0.1, -0.05) is 18.2 Å². The van der Waals surface area contributed by atoms with E-state index in [1.165, 1.54) is 29.6 Å². The Morgan fingerprint density at radius 3 is 2.61 bits per heavy atom. The third kappa shape index (κ3) is 1.52. The van der Waals surface area contributed by atoms with Gasteiger partial charge in [0.1, 0.15) is 0 Å². The Morgan fingerprint density at radius 1 is 1.33 bits per heavy atom. The Hall–Kier alpha value is -1.57. The molecule has 2 nitrogen and oxygen atoms in total. The molecule has 0 aliphatic heterocycles. The minimum Gasteiger partial charge on any atom is -0.341 e. The molecule has 2 aromatic rings. The Labute approximate surface area is 108 Å². The summed E-state index contributed by atoms with van der Waals surface area (Å²) in [5.74, 6) is 0.597. The third-order valence-corrected chi connectivity index (χ3v) is 3.90. The normalized spacial score (nSPS) is 15.6. The van der Waals surface area contributed by atoms with E-state index in [1.807, 2.05) is 6.07 Å². The van der Waals surface area contributed by atoms with Crippen molar-refractivity contribution in [2.45, 2.75) is 45.6 Å². The zero-order valence-electron chi connectivity index (χ0n) is 11.2. The summed E-state index contributed by atoms with van der Waals surface area (Å²) in [6.45, 7) is 6.53. The van der Waals surface area contributed by atoms with Gasteiger partial charge >= 0.3 is 0 Å². The smallest absolute Gasteiger partial charge is 0.152 e. The molecule has 1 heterocycles. The average Bonchev–Trinajstić information content (AvgIpc) is 3.10. The summed E-state index contributed by atoms with van der Waals surface area (Å²) in [6.07, 6.45) is 3.50. The van der Waals surface area contributed by atoms with E-state index >= 15 is 0 Å². The van der Waals surface area contributed by atoms with Crippen LogP contribution in [0.1, 0.15) is 60.3 Å². The Balaban J connectivity index is 2.45. The zero-order chi connectivity index (χ0) is 12.9. The molecule has 0 saturated heterocycles. The molecule has 1 aliphatic carbocycles. The number of nitrogens with zero attached hydrogens (tertiary/aromatic N) is 1. The number of hydrogen-bond donors (Lipinski definition) is 0. The van der Waals surface area contributed by atoms with Crippen LogP contribution in [0.2, 0.25) is 0 Å². The van der Waals surface area contributed by atoms with Gasteiger partial charge in [-0.25, -0.2) is 0 Å². The van der Waals surface area contributed by atoms with Crippen molar-refractivity contribution in [3.8, 4) is 0 Å². The van der Waals surface area contributed by atoms with Crippen LogP contribution in [0.3, 0.4) is 0 Å². The van der Waals surface area contributed by atoms with Crippen molar-refractivity contribution in [3.63, 3.8) is 0 Å². The van der Waals surface area contributed by atoms with Crippen molar-refractivity contribution < 1.29 is 4.79 Å². The van der Waals surface area contributed by atoms with Gasteiger partial charge in [0.2, 0.25) is 0 Å². The molecule has 0 bridgehead atoms. The molecule has 0 radical (unpaired) electrons. The molecule has 1 aliphatic rings. The predicted octanol–water partition coefficient (Wildman–Crippen LogP) is 4.22. The topological polar surface area (TPSA) is 22.0 Å². The second kappa shape index (κ2) is 3.98. The number of fused-ring (bicyclic) bond motifs is 1. The summed E-state index contributed by atoms with van der Waals surface area (Å²) in [4.78, 5) is 11.5. The lowest BCUT2D eigenvalue weighted by molar-refractivity contribution is 0.112. The molecule has 0 spiro atoms. The van der Waals surface area contributed by atoms with Gasteiger partial charge in [-0.15, -0.1) is 0 Å². The van der Waals surface area contributed by atoms with Gasteiger partial charge in [0, 0.05) is 28.6 Å². The van der Waals surface area contributed by atoms with E-state index in [1.54, 1.807) is 0 Å². The van der Waals surface area contributed by atoms with Crippen molar-refractivity contribution in [2.75, 3.05) is 0 Å². The maximum absolute atomic E-state index is 11.5. The number of benzene rings is 1. The number of carbonyl (C=O) groups excluding carboxylic acids is 1. The molecule has 0 atom stereocenters. The standard InChI is InChI=1S/C16H19NO/c1-10(2)17-15-11(3)5-4-6-13(15)14(9-18)16(17)12-7-8-12/h4-6,9-10,12H,7-8H2,1-3H3. The number of aryl methyl sites for hydroxylation is 1. The molecular weight excluding hydrogens is 222 g/mol. The van der Waals surface area contributed by atoms with E-state index in [-0.39, 0.29) is 0 Å². The van der Waals surface area contributed by atoms with Gasteiger partial charge in [-0.3, -0.25) is 4.79 Å². The molecule has 94 valence electrons. The molecule has 0 N–H and O–H groups in total. The summed E-state index contributed by atoms with van der Waals surface area (Å²) in [7, 11) is 0. The second-order valence-electron chi connectivity index (χ2n) is 5.63. The highest BCUT2D eigenvalue weighted by Gasteiger charge is 2.32. The monoisotopic (exact) mass is 241 g/mol. The quantitative estimate of drug-likeness (QED) is 0.737. The maximum Gasteiger partial charge on any atom is 0.152 e. The second-order valence-corrected chi connectivity index (χ2v) is 5.63. The van der Waals surface area contributed by atoms with E-state index < -0.39 is 0 Å². The van der Waals surface area contributed by atoms with Gasteiger partial charge in [-0.05, 0) is 39.2 Å². The van der Waals surface area contributed by atoms with Crippen LogP contribution in [-0.2, 0) is 0 Å². The average molecular weight is 241 g/mol. The molecular formula is C16H19NO. The first-order chi connectivity index (χ1) is 8.65. The highest BCUT2D eigenvalue weighted by molar-refractivity contribution is 6.01. The lowest BCUT2D eigenvalue weighted by atomic mass is 10.1. The van der Waals surface area contributed by atoms with E-state index in [0.717, 1.165) is 17.2 Å². The van der Waals surface area contributed by atoms with Crippen LogP contribution in [0, 0.1) is 6.92 Å². The van der Waals surface area contributed by atoms with E-state index in [4.69, 9.17) is 0 Å². The molecule has 1 aromatic heterocycles. The van der Waals surface area contributed by atoms with E-state index in [0.29, 0.717) is 12.0 Å². The van der Waals surface area contributed by atoms with Gasteiger partial charge < -0.3 is 4.57 Å². The Bertz CT molecular complexity index is 618. The van der Waals surface area contributed by atoms with Crippen LogP contribution in [0.4, 0.5) is 0 Å². The fraction of sp³-hybridized carbons (Fsp3) is 0.438. The predicted molar refractivity (Wildman–Crippen MR) is 74.4 cm³/mol. The summed E-state index contributed by atoms with van der Waals surface area (Å²) < 4.78 is 2.38. The van der Waals surface area contributed by atoms with Crippen LogP contribution in [0.5, 0.6) is 0 Å². The summed E-state index contributed by atoms with van der Waals surface area (Å²) >= 11 is 0. The number of hydrogen-bond acceptors (Lipinski definition) is 1. The molecule has 1 saturated carbocycles. The van der Waals surface area contributed by atoms with Crippen molar-refractivity contribution in [2.24, 2.45) is 0 Å². The van der Waals surface area contributed by atoms with Crippen LogP contribution in [0.15, 0.2) is 18.2 Å². The number of aromatic nitrogens is 1. The number of carbonyl (C=O) groups is 1. The molecule has 0 unspecified atom stereocenters. The molecule has 0 amide bonds. The summed E-state index contributed by atoms with van der Waals surface area (Å²) in [5, 5.41) is 1.13. The summed E-state index contributed by atoms with van der Waals surface area (Å²) in [5.41, 5.74) is 4.70. The first-order valence-corrected chi connectivity index (χ1v) is 6.73. The molecule has 3 rings (SSSR count). The summed E-state index contributed by atoms with van der Waals surface area (Å²) in [6, 6.07) is 6.66. The van der Waals surface area contributed by atoms with Crippen LogP contribution >= 0.6 is 0 Å². The fourth-order valence-corrected chi connectivity index (χ4v) is 3.02. The van der Waals surface area contributed by atoms with Crippen LogP contribution in [0.25, 0.3) is 10.9 Å². The first kappa shape index (κ1) is 11.5. The molecule has 1 aromatic carbocycles. The van der Waals surface area contributed by atoms with Crippen molar-refractivity contribution in [3.05, 3.63) is 35.0 Å². The number of aldehydes is 1. The molecule has 18 heavy (non-hydrogen) atoms. The number of para-hydroxylation sites is 1. The lowest BCUT2D eigenvalue weighted by Crippen LogP contribution is -2.06. The Morgan fingerprint density at radius 2 is 2.06 bits per heavy atom. The van der Waals surface area contributed by atoms with Crippen LogP contribution < -0.4 is 0 Å². The highest BCUT2D eigenvalue weighted by atomic mass is 16.1. The number of rotatable bonds is 3. The van der Waals surface area contributed by atoms with Crippen molar-refractivity contribution in [1.29, 1.82) is 0 Å². The minimum atomic E-state index is 0.401. The first-order valence-electron chi connectivity index (χ1n) is 6.73.